The largest absolute Gasteiger partial charge is 0.469 e. The fourth-order valence-corrected chi connectivity index (χ4v) is 1.16. The van der Waals surface area contributed by atoms with Crippen LogP contribution in [0.5, 0.6) is 0 Å². The monoisotopic (exact) mass is 182 g/mol. The fraction of sp³-hybridized carbons (Fsp3) is 0.125. The number of imidazole rings is 1. The number of rotatable bonds is 2. The minimum absolute atomic E-state index is 0.552. The molecular weight excluding hydrogens is 176 g/mol. The molecular formula is C8H7ClN2O. The van der Waals surface area contributed by atoms with Crippen molar-refractivity contribution in [2.75, 3.05) is 0 Å². The lowest BCUT2D eigenvalue weighted by atomic mass is 10.3. The lowest BCUT2D eigenvalue weighted by Crippen LogP contribution is -1.87. The maximum Gasteiger partial charge on any atom is 0.126 e. The van der Waals surface area contributed by atoms with Gasteiger partial charge in [-0.1, -0.05) is 11.6 Å². The van der Waals surface area contributed by atoms with E-state index in [1.807, 2.05) is 12.1 Å². The van der Waals surface area contributed by atoms with Crippen LogP contribution in [-0.4, -0.2) is 9.97 Å². The van der Waals surface area contributed by atoms with E-state index in [0.29, 0.717) is 11.6 Å². The molecule has 0 unspecified atom stereocenters. The quantitative estimate of drug-likeness (QED) is 0.774. The predicted molar refractivity (Wildman–Crippen MR) is 45.1 cm³/mol. The van der Waals surface area contributed by atoms with Crippen molar-refractivity contribution in [3.63, 3.8) is 0 Å². The van der Waals surface area contributed by atoms with Gasteiger partial charge in [0.05, 0.1) is 18.9 Å². The van der Waals surface area contributed by atoms with Gasteiger partial charge in [-0.25, -0.2) is 4.98 Å². The third-order valence-corrected chi connectivity index (χ3v) is 1.71. The topological polar surface area (TPSA) is 41.8 Å². The summed E-state index contributed by atoms with van der Waals surface area (Å²) >= 11 is 5.65. The Bertz CT molecular complexity index is 353. The average molecular weight is 183 g/mol. The first-order valence-electron chi connectivity index (χ1n) is 3.56. The number of halogens is 1. The van der Waals surface area contributed by atoms with E-state index in [1.54, 1.807) is 12.5 Å². The van der Waals surface area contributed by atoms with Gasteiger partial charge in [0.1, 0.15) is 16.7 Å². The summed E-state index contributed by atoms with van der Waals surface area (Å²) in [6, 6.07) is 3.75. The van der Waals surface area contributed by atoms with Crippen LogP contribution in [0.3, 0.4) is 0 Å². The Morgan fingerprint density at radius 2 is 2.50 bits per heavy atom. The van der Waals surface area contributed by atoms with E-state index >= 15 is 0 Å². The van der Waals surface area contributed by atoms with Crippen molar-refractivity contribution in [2.45, 2.75) is 6.42 Å². The molecule has 0 aliphatic heterocycles. The normalized spacial score (nSPS) is 10.4. The summed E-state index contributed by atoms with van der Waals surface area (Å²) in [5, 5.41) is 0.552. The Morgan fingerprint density at radius 1 is 1.58 bits per heavy atom. The van der Waals surface area contributed by atoms with Crippen LogP contribution in [0.15, 0.2) is 29.0 Å². The van der Waals surface area contributed by atoms with Crippen LogP contribution in [-0.2, 0) is 6.42 Å². The smallest absolute Gasteiger partial charge is 0.126 e. The first-order chi connectivity index (χ1) is 5.84. The van der Waals surface area contributed by atoms with Crippen LogP contribution in [0.4, 0.5) is 0 Å². The Balaban J connectivity index is 2.14. The molecule has 0 saturated heterocycles. The van der Waals surface area contributed by atoms with Gasteiger partial charge in [-0.3, -0.25) is 0 Å². The Kier molecular flexibility index (Phi) is 1.87. The number of hydrogen-bond donors (Lipinski definition) is 1. The van der Waals surface area contributed by atoms with Crippen molar-refractivity contribution >= 4 is 11.6 Å². The third-order valence-electron chi connectivity index (χ3n) is 1.52. The molecule has 2 heterocycles. The van der Waals surface area contributed by atoms with Crippen molar-refractivity contribution in [2.24, 2.45) is 0 Å². The molecule has 0 aliphatic rings. The number of nitrogens with one attached hydrogen (secondary N) is 1. The Labute approximate surface area is 74.4 Å². The summed E-state index contributed by atoms with van der Waals surface area (Å²) < 4.78 is 5.14. The van der Waals surface area contributed by atoms with Crippen molar-refractivity contribution in [1.82, 2.24) is 9.97 Å². The summed E-state index contributed by atoms with van der Waals surface area (Å²) in [7, 11) is 0. The summed E-state index contributed by atoms with van der Waals surface area (Å²) in [6.45, 7) is 0. The molecule has 2 rings (SSSR count). The molecule has 0 aliphatic carbocycles. The van der Waals surface area contributed by atoms with Gasteiger partial charge in [-0.15, -0.1) is 0 Å². The van der Waals surface area contributed by atoms with E-state index in [9.17, 15) is 0 Å². The lowest BCUT2D eigenvalue weighted by molar-refractivity contribution is 0.517. The van der Waals surface area contributed by atoms with Crippen molar-refractivity contribution in [1.29, 1.82) is 0 Å². The summed E-state index contributed by atoms with van der Waals surface area (Å²) in [5.41, 5.74) is 0. The molecule has 2 aromatic heterocycles. The van der Waals surface area contributed by atoms with E-state index in [2.05, 4.69) is 9.97 Å². The number of hydrogen-bond acceptors (Lipinski definition) is 2. The van der Waals surface area contributed by atoms with Crippen LogP contribution >= 0.6 is 11.6 Å². The van der Waals surface area contributed by atoms with Crippen LogP contribution in [0.2, 0.25) is 5.15 Å². The highest BCUT2D eigenvalue weighted by Crippen LogP contribution is 2.09. The first-order valence-corrected chi connectivity index (χ1v) is 3.94. The van der Waals surface area contributed by atoms with Gasteiger partial charge in [-0.2, -0.15) is 0 Å². The zero-order valence-corrected chi connectivity index (χ0v) is 7.01. The Hall–Kier alpha value is -1.22. The SMILES string of the molecule is Clc1cnc(Cc2ccco2)[nH]1. The molecule has 0 aromatic carbocycles. The molecule has 0 amide bonds. The van der Waals surface area contributed by atoms with Crippen LogP contribution in [0.25, 0.3) is 0 Å². The van der Waals surface area contributed by atoms with Crippen LogP contribution in [0.1, 0.15) is 11.6 Å². The summed E-state index contributed by atoms with van der Waals surface area (Å²) in [5.74, 6) is 1.69. The highest BCUT2D eigenvalue weighted by Gasteiger charge is 2.01. The summed E-state index contributed by atoms with van der Waals surface area (Å²) in [4.78, 5) is 6.95. The number of aromatic nitrogens is 2. The van der Waals surface area contributed by atoms with E-state index in [1.165, 1.54) is 0 Å². The molecule has 62 valence electrons. The predicted octanol–water partition coefficient (Wildman–Crippen LogP) is 2.25. The average Bonchev–Trinajstić information content (AvgIpc) is 2.63. The number of nitrogens with zero attached hydrogens (tertiary/aromatic N) is 1. The zero-order valence-electron chi connectivity index (χ0n) is 6.25. The van der Waals surface area contributed by atoms with Gasteiger partial charge in [0.2, 0.25) is 0 Å². The molecule has 3 nitrogen and oxygen atoms in total. The zero-order chi connectivity index (χ0) is 8.39. The second-order valence-electron chi connectivity index (χ2n) is 2.43. The molecule has 0 atom stereocenters. The molecule has 0 bridgehead atoms. The minimum Gasteiger partial charge on any atom is -0.469 e. The van der Waals surface area contributed by atoms with E-state index in [0.717, 1.165) is 11.6 Å². The second kappa shape index (κ2) is 3.03. The summed E-state index contributed by atoms with van der Waals surface area (Å²) in [6.07, 6.45) is 3.87. The molecule has 0 fully saturated rings. The van der Waals surface area contributed by atoms with Gasteiger partial charge < -0.3 is 9.40 Å². The molecule has 12 heavy (non-hydrogen) atoms. The maximum atomic E-state index is 5.65. The second-order valence-corrected chi connectivity index (χ2v) is 2.84. The van der Waals surface area contributed by atoms with Crippen LogP contribution in [0, 0.1) is 0 Å². The Morgan fingerprint density at radius 3 is 3.08 bits per heavy atom. The van der Waals surface area contributed by atoms with E-state index in [4.69, 9.17) is 16.0 Å². The van der Waals surface area contributed by atoms with Gasteiger partial charge in [-0.05, 0) is 12.1 Å². The first kappa shape index (κ1) is 7.43. The van der Waals surface area contributed by atoms with Gasteiger partial charge in [0, 0.05) is 0 Å². The molecule has 2 aromatic rings. The number of furan rings is 1. The fourth-order valence-electron chi connectivity index (χ4n) is 1.01. The molecule has 0 radical (unpaired) electrons. The van der Waals surface area contributed by atoms with E-state index < -0.39 is 0 Å². The van der Waals surface area contributed by atoms with Crippen LogP contribution < -0.4 is 0 Å². The highest BCUT2D eigenvalue weighted by molar-refractivity contribution is 6.29. The van der Waals surface area contributed by atoms with Crippen molar-refractivity contribution in [3.8, 4) is 0 Å². The van der Waals surface area contributed by atoms with E-state index in [-0.39, 0.29) is 0 Å². The van der Waals surface area contributed by atoms with Gasteiger partial charge in [0.15, 0.2) is 0 Å². The standard InChI is InChI=1S/C8H7ClN2O/c9-7-5-10-8(11-7)4-6-2-1-3-12-6/h1-3,5H,4H2,(H,10,11). The van der Waals surface area contributed by atoms with Gasteiger partial charge in [0.25, 0.3) is 0 Å². The molecule has 0 spiro atoms. The number of H-pyrrole nitrogens is 1. The number of aromatic amines is 1. The minimum atomic E-state index is 0.552. The lowest BCUT2D eigenvalue weighted by Gasteiger charge is -1.90. The van der Waals surface area contributed by atoms with Crippen molar-refractivity contribution in [3.05, 3.63) is 41.3 Å². The molecule has 0 saturated carbocycles. The molecule has 4 heteroatoms. The third kappa shape index (κ3) is 1.51. The molecule has 1 N–H and O–H groups in total. The van der Waals surface area contributed by atoms with Gasteiger partial charge >= 0.3 is 0 Å². The highest BCUT2D eigenvalue weighted by atomic mass is 35.5. The maximum absolute atomic E-state index is 5.65. The van der Waals surface area contributed by atoms with Crippen molar-refractivity contribution < 1.29 is 4.42 Å².